The number of carbonyl (C=O) groups is 3. The number of nitrogens with one attached hydrogen (secondary N) is 2. The second-order valence-electron chi connectivity index (χ2n) is 8.73. The third-order valence-electron chi connectivity index (χ3n) is 6.32. The van der Waals surface area contributed by atoms with Gasteiger partial charge in [-0.25, -0.2) is 0 Å². The van der Waals surface area contributed by atoms with Crippen molar-refractivity contribution in [3.05, 3.63) is 92.6 Å². The molecule has 1 aromatic carbocycles. The second-order valence-corrected chi connectivity index (χ2v) is 9.59. The lowest BCUT2D eigenvalue weighted by atomic mass is 10.0. The Morgan fingerprint density at radius 2 is 1.89 bits per heavy atom. The van der Waals surface area contributed by atoms with Gasteiger partial charge in [-0.15, -0.1) is 11.8 Å². The summed E-state index contributed by atoms with van der Waals surface area (Å²) in [5.41, 5.74) is 2.37. The number of carbonyl (C=O) groups excluding carboxylic acids is 2. The van der Waals surface area contributed by atoms with E-state index < -0.39 is 35.3 Å². The largest absolute Gasteiger partial charge is 0.506 e. The van der Waals surface area contributed by atoms with Crippen molar-refractivity contribution in [2.45, 2.75) is 19.6 Å². The minimum atomic E-state index is -1.29. The van der Waals surface area contributed by atoms with E-state index in [9.17, 15) is 24.3 Å². The highest BCUT2D eigenvalue weighted by molar-refractivity contribution is 8.02. The fraction of sp³-hybridized carbons (Fsp3) is 0.192. The van der Waals surface area contributed by atoms with Crippen LogP contribution in [0, 0.1) is 0 Å². The third-order valence-corrected chi connectivity index (χ3v) is 7.03. The van der Waals surface area contributed by atoms with Gasteiger partial charge in [0.1, 0.15) is 23.6 Å². The van der Waals surface area contributed by atoms with Gasteiger partial charge in [0, 0.05) is 29.1 Å². The first-order valence-electron chi connectivity index (χ1n) is 11.6. The van der Waals surface area contributed by atoms with Crippen molar-refractivity contribution in [1.29, 1.82) is 0 Å². The van der Waals surface area contributed by atoms with Crippen LogP contribution in [0.1, 0.15) is 27.2 Å². The number of aromatic hydroxyl groups is 1. The second kappa shape index (κ2) is 10.4. The van der Waals surface area contributed by atoms with Crippen LogP contribution in [-0.2, 0) is 29.2 Å². The molecule has 2 aliphatic heterocycles. The van der Waals surface area contributed by atoms with Crippen molar-refractivity contribution >= 4 is 29.5 Å². The van der Waals surface area contributed by atoms with Gasteiger partial charge in [0.25, 0.3) is 17.4 Å². The lowest BCUT2D eigenvalue weighted by Crippen LogP contribution is -2.37. The number of hydrogen-bond acceptors (Lipinski definition) is 8. The number of aliphatic carboxylic acids is 1. The molecule has 0 unspecified atom stereocenters. The van der Waals surface area contributed by atoms with E-state index in [2.05, 4.69) is 15.6 Å². The van der Waals surface area contributed by atoms with Crippen LogP contribution in [0.2, 0.25) is 0 Å². The van der Waals surface area contributed by atoms with Gasteiger partial charge >= 0.3 is 5.97 Å². The lowest BCUT2D eigenvalue weighted by Gasteiger charge is -2.17. The SMILES string of the molecule is O=C(O)CNC(=O)c1c(O)c2c(n(Cc3cccc(-c4ccncc4)c3)c1=O)CN(C(=O)C1=CSCN1)C2. The Morgan fingerprint density at radius 3 is 2.61 bits per heavy atom. The maximum Gasteiger partial charge on any atom is 0.322 e. The van der Waals surface area contributed by atoms with Gasteiger partial charge in [0.15, 0.2) is 0 Å². The topological polar surface area (TPSA) is 154 Å². The first kappa shape index (κ1) is 25.1. The van der Waals surface area contributed by atoms with E-state index in [-0.39, 0.29) is 31.1 Å². The molecule has 2 amide bonds. The minimum absolute atomic E-state index is 0.0137. The van der Waals surface area contributed by atoms with E-state index in [0.29, 0.717) is 17.3 Å². The molecule has 2 aliphatic rings. The molecule has 3 aromatic rings. The number of fused-ring (bicyclic) bond motifs is 1. The molecule has 12 heteroatoms. The number of pyridine rings is 2. The summed E-state index contributed by atoms with van der Waals surface area (Å²) >= 11 is 1.45. The van der Waals surface area contributed by atoms with Gasteiger partial charge in [-0.1, -0.05) is 18.2 Å². The Kier molecular flexibility index (Phi) is 6.88. The van der Waals surface area contributed by atoms with Gasteiger partial charge in [-0.2, -0.15) is 0 Å². The number of aromatic nitrogens is 2. The van der Waals surface area contributed by atoms with Crippen LogP contribution in [0.4, 0.5) is 0 Å². The molecular weight excluding hydrogens is 510 g/mol. The number of nitrogens with zero attached hydrogens (tertiary/aromatic N) is 3. The molecule has 11 nitrogen and oxygen atoms in total. The van der Waals surface area contributed by atoms with Gasteiger partial charge in [-0.3, -0.25) is 24.2 Å². The monoisotopic (exact) mass is 533 g/mol. The standard InChI is InChI=1S/C26H23N5O6S/c32-21(33)9-28-24(35)22-23(34)18-11-30(25(36)19-13-38-14-29-19)12-20(18)31(26(22)37)10-15-2-1-3-17(8-15)16-4-6-27-7-5-16/h1-8,13,29,34H,9-12,14H2,(H,28,35)(H,32,33). The molecule has 0 fully saturated rings. The Morgan fingerprint density at radius 1 is 1.11 bits per heavy atom. The number of amides is 2. The lowest BCUT2D eigenvalue weighted by molar-refractivity contribution is -0.135. The van der Waals surface area contributed by atoms with Crippen molar-refractivity contribution in [3.8, 4) is 16.9 Å². The Hall–Kier alpha value is -4.58. The smallest absolute Gasteiger partial charge is 0.322 e. The average Bonchev–Trinajstić information content (AvgIpc) is 3.61. The predicted molar refractivity (Wildman–Crippen MR) is 139 cm³/mol. The molecule has 2 aromatic heterocycles. The highest BCUT2D eigenvalue weighted by Gasteiger charge is 2.35. The van der Waals surface area contributed by atoms with Crippen LogP contribution < -0.4 is 16.2 Å². The molecule has 0 atom stereocenters. The molecule has 0 bridgehead atoms. The van der Waals surface area contributed by atoms with Crippen LogP contribution in [0.3, 0.4) is 0 Å². The molecule has 0 saturated carbocycles. The fourth-order valence-corrected chi connectivity index (χ4v) is 5.18. The van der Waals surface area contributed by atoms with Crippen LogP contribution in [0.15, 0.2) is 64.7 Å². The van der Waals surface area contributed by atoms with Crippen LogP contribution in [0.5, 0.6) is 5.75 Å². The summed E-state index contributed by atoms with van der Waals surface area (Å²) in [5.74, 6) is -2.56. The van der Waals surface area contributed by atoms with E-state index in [4.69, 9.17) is 5.11 Å². The molecule has 4 heterocycles. The number of carboxylic acids is 1. The zero-order chi connectivity index (χ0) is 26.8. The van der Waals surface area contributed by atoms with E-state index in [1.54, 1.807) is 17.8 Å². The number of hydrogen-bond donors (Lipinski definition) is 4. The molecule has 4 N–H and O–H groups in total. The highest BCUT2D eigenvalue weighted by atomic mass is 32.2. The summed E-state index contributed by atoms with van der Waals surface area (Å²) in [7, 11) is 0. The minimum Gasteiger partial charge on any atom is -0.506 e. The maximum absolute atomic E-state index is 13.6. The molecule has 194 valence electrons. The summed E-state index contributed by atoms with van der Waals surface area (Å²) in [5, 5.41) is 26.8. The number of rotatable bonds is 7. The first-order chi connectivity index (χ1) is 18.3. The Balaban J connectivity index is 1.56. The van der Waals surface area contributed by atoms with Crippen LogP contribution in [0.25, 0.3) is 11.1 Å². The quantitative estimate of drug-likeness (QED) is 0.353. The summed E-state index contributed by atoms with van der Waals surface area (Å²) < 4.78 is 1.37. The number of thioether (sulfide) groups is 1. The number of benzene rings is 1. The van der Waals surface area contributed by atoms with Crippen molar-refractivity contribution in [1.82, 2.24) is 25.1 Å². The van der Waals surface area contributed by atoms with Crippen LogP contribution in [-0.4, -0.2) is 54.9 Å². The zero-order valence-electron chi connectivity index (χ0n) is 20.0. The normalized spacial score (nSPS) is 14.0. The first-order valence-corrected chi connectivity index (χ1v) is 12.7. The Labute approximate surface area is 220 Å². The summed E-state index contributed by atoms with van der Waals surface area (Å²) in [6, 6.07) is 11.2. The zero-order valence-corrected chi connectivity index (χ0v) is 20.8. The van der Waals surface area contributed by atoms with Crippen molar-refractivity contribution < 1.29 is 24.6 Å². The molecule has 0 radical (unpaired) electrons. The third kappa shape index (κ3) is 4.85. The van der Waals surface area contributed by atoms with Gasteiger partial charge < -0.3 is 30.3 Å². The summed E-state index contributed by atoms with van der Waals surface area (Å²) in [6.07, 6.45) is 3.36. The molecule has 0 saturated heterocycles. The predicted octanol–water partition coefficient (Wildman–Crippen LogP) is 1.46. The van der Waals surface area contributed by atoms with Crippen molar-refractivity contribution in [3.63, 3.8) is 0 Å². The number of carboxylic acid groups (broad SMARTS) is 1. The van der Waals surface area contributed by atoms with E-state index in [1.807, 2.05) is 36.4 Å². The molecule has 0 spiro atoms. The summed E-state index contributed by atoms with van der Waals surface area (Å²) in [6.45, 7) is -0.606. The van der Waals surface area contributed by atoms with Crippen molar-refractivity contribution in [2.75, 3.05) is 12.4 Å². The van der Waals surface area contributed by atoms with Gasteiger partial charge in [-0.05, 0) is 34.9 Å². The van der Waals surface area contributed by atoms with E-state index in [0.717, 1.165) is 16.7 Å². The van der Waals surface area contributed by atoms with Crippen LogP contribution >= 0.6 is 11.8 Å². The average molecular weight is 534 g/mol. The van der Waals surface area contributed by atoms with Gasteiger partial charge in [0.2, 0.25) is 0 Å². The molecule has 0 aliphatic carbocycles. The van der Waals surface area contributed by atoms with E-state index >= 15 is 0 Å². The fourth-order valence-electron chi connectivity index (χ4n) is 4.50. The highest BCUT2D eigenvalue weighted by Crippen LogP contribution is 2.33. The van der Waals surface area contributed by atoms with Crippen molar-refractivity contribution in [2.24, 2.45) is 0 Å². The molecule has 38 heavy (non-hydrogen) atoms. The van der Waals surface area contributed by atoms with E-state index in [1.165, 1.54) is 21.2 Å². The molecule has 5 rings (SSSR count). The Bertz CT molecular complexity index is 1540. The molecular formula is C26H23N5O6S. The summed E-state index contributed by atoms with van der Waals surface area (Å²) in [4.78, 5) is 55.9. The van der Waals surface area contributed by atoms with Gasteiger partial charge in [0.05, 0.1) is 25.5 Å². The maximum atomic E-state index is 13.6.